The highest BCUT2D eigenvalue weighted by molar-refractivity contribution is 6.03. The number of benzene rings is 2. The van der Waals surface area contributed by atoms with Gasteiger partial charge >= 0.3 is 6.01 Å². The average molecular weight is 407 g/mol. The molecule has 1 saturated heterocycles. The van der Waals surface area contributed by atoms with E-state index in [9.17, 15) is 14.3 Å². The Kier molecular flexibility index (Phi) is 4.25. The topological polar surface area (TPSA) is 116 Å². The van der Waals surface area contributed by atoms with Gasteiger partial charge < -0.3 is 25.1 Å². The molecule has 4 N–H and O–H groups in total. The summed E-state index contributed by atoms with van der Waals surface area (Å²) in [5.41, 5.74) is 4.10. The third-order valence-corrected chi connectivity index (χ3v) is 5.25. The van der Waals surface area contributed by atoms with E-state index in [4.69, 9.17) is 4.42 Å². The fraction of sp³-hybridized carbons (Fsp3) is 0.190. The first-order chi connectivity index (χ1) is 14.5. The molecular weight excluding hydrogens is 389 g/mol. The predicted molar refractivity (Wildman–Crippen MR) is 108 cm³/mol. The van der Waals surface area contributed by atoms with Gasteiger partial charge in [0, 0.05) is 17.4 Å². The molecule has 4 aromatic rings. The number of nitrogens with zero attached hydrogens (tertiary/aromatic N) is 2. The van der Waals surface area contributed by atoms with Crippen LogP contribution >= 0.6 is 0 Å². The number of fused-ring (bicyclic) bond motifs is 1. The molecule has 30 heavy (non-hydrogen) atoms. The monoisotopic (exact) mass is 407 g/mol. The molecule has 2 atom stereocenters. The number of β-amino-alcohol motifs (C(OH)–C–C–N with tert-alkyl or cyclic N) is 1. The highest BCUT2D eigenvalue weighted by atomic mass is 19.1. The van der Waals surface area contributed by atoms with E-state index in [1.165, 1.54) is 12.1 Å². The minimum atomic E-state index is -0.890. The zero-order valence-electron chi connectivity index (χ0n) is 15.9. The Hall–Kier alpha value is -3.72. The molecule has 152 valence electrons. The summed E-state index contributed by atoms with van der Waals surface area (Å²) in [4.78, 5) is 15.2. The summed E-state index contributed by atoms with van der Waals surface area (Å²) >= 11 is 0. The number of H-pyrrole nitrogens is 1. The summed E-state index contributed by atoms with van der Waals surface area (Å²) in [6.07, 6.45) is -0.890. The second kappa shape index (κ2) is 6.96. The van der Waals surface area contributed by atoms with E-state index in [0.29, 0.717) is 11.3 Å². The van der Waals surface area contributed by atoms with E-state index in [-0.39, 0.29) is 30.2 Å². The van der Waals surface area contributed by atoms with Crippen molar-refractivity contribution in [3.8, 4) is 22.7 Å². The van der Waals surface area contributed by atoms with Crippen molar-refractivity contribution in [1.82, 2.24) is 20.5 Å². The number of amides is 1. The number of aliphatic hydroxyl groups is 1. The Bertz CT molecular complexity index is 1250. The van der Waals surface area contributed by atoms with E-state index < -0.39 is 12.1 Å². The first-order valence-corrected chi connectivity index (χ1v) is 9.44. The number of hydrogen-bond donors (Lipinski definition) is 4. The number of anilines is 1. The third kappa shape index (κ3) is 3.00. The maximum atomic E-state index is 13.4. The number of aliphatic hydroxyl groups excluding tert-OH is 1. The maximum Gasteiger partial charge on any atom is 0.316 e. The molecule has 5 rings (SSSR count). The summed E-state index contributed by atoms with van der Waals surface area (Å²) in [7, 11) is 0. The van der Waals surface area contributed by atoms with Crippen molar-refractivity contribution in [2.24, 2.45) is 0 Å². The van der Waals surface area contributed by atoms with Gasteiger partial charge in [0.1, 0.15) is 18.0 Å². The number of carbonyl (C=O) groups is 1. The molecule has 2 aromatic carbocycles. The average Bonchev–Trinajstić information content (AvgIpc) is 3.43. The van der Waals surface area contributed by atoms with Gasteiger partial charge in [0.25, 0.3) is 5.89 Å². The third-order valence-electron chi connectivity index (χ3n) is 5.25. The lowest BCUT2D eigenvalue weighted by Crippen LogP contribution is -2.36. The number of aromatic nitrogens is 3. The van der Waals surface area contributed by atoms with E-state index in [0.717, 1.165) is 22.0 Å². The molecule has 1 fully saturated rings. The first-order valence-electron chi connectivity index (χ1n) is 9.44. The van der Waals surface area contributed by atoms with E-state index in [1.54, 1.807) is 12.1 Å². The summed E-state index contributed by atoms with van der Waals surface area (Å²) in [5, 5.41) is 24.3. The minimum absolute atomic E-state index is 0.0261. The van der Waals surface area contributed by atoms with Crippen LogP contribution in [0.4, 0.5) is 10.4 Å². The Morgan fingerprint density at radius 2 is 2.00 bits per heavy atom. The SMILES string of the molecule is Cc1cccc2c(-c3nnc(N[C@@H]4C(=O)NC[C@H]4O)o3)c(-c3ccc(F)cc3)[nH]c12. The van der Waals surface area contributed by atoms with Gasteiger partial charge in [0.2, 0.25) is 5.91 Å². The van der Waals surface area contributed by atoms with E-state index in [1.807, 2.05) is 25.1 Å². The molecule has 1 aliphatic rings. The second-order valence-corrected chi connectivity index (χ2v) is 7.23. The van der Waals surface area contributed by atoms with Crippen LogP contribution in [0.1, 0.15) is 5.56 Å². The standard InChI is InChI=1S/C21H18FN5O3/c1-10-3-2-4-13-15(17(24-16(10)13)11-5-7-12(22)8-6-11)20-26-27-21(30-20)25-18-14(28)9-23-19(18)29/h2-8,14,18,24,28H,9H2,1H3,(H,23,29)(H,25,27)/t14-,18+/m1/s1. The molecule has 0 spiro atoms. The predicted octanol–water partition coefficient (Wildman–Crippen LogP) is 2.60. The molecule has 0 bridgehead atoms. The first kappa shape index (κ1) is 18.3. The summed E-state index contributed by atoms with van der Waals surface area (Å²) < 4.78 is 19.2. The second-order valence-electron chi connectivity index (χ2n) is 7.23. The largest absolute Gasteiger partial charge is 0.403 e. The quantitative estimate of drug-likeness (QED) is 0.413. The fourth-order valence-corrected chi connectivity index (χ4v) is 3.70. The lowest BCUT2D eigenvalue weighted by molar-refractivity contribution is -0.120. The van der Waals surface area contributed by atoms with Gasteiger partial charge in [0.05, 0.1) is 11.3 Å². The van der Waals surface area contributed by atoms with Crippen molar-refractivity contribution >= 4 is 22.8 Å². The highest BCUT2D eigenvalue weighted by Crippen LogP contribution is 2.39. The number of halogens is 1. The maximum absolute atomic E-state index is 13.4. The van der Waals surface area contributed by atoms with Crippen LogP contribution < -0.4 is 10.6 Å². The van der Waals surface area contributed by atoms with Crippen LogP contribution in [-0.2, 0) is 4.79 Å². The van der Waals surface area contributed by atoms with Gasteiger partial charge in [-0.1, -0.05) is 23.3 Å². The number of para-hydroxylation sites is 1. The Morgan fingerprint density at radius 1 is 1.20 bits per heavy atom. The fourth-order valence-electron chi connectivity index (χ4n) is 3.70. The Morgan fingerprint density at radius 3 is 2.73 bits per heavy atom. The normalized spacial score (nSPS) is 18.7. The van der Waals surface area contributed by atoms with E-state index in [2.05, 4.69) is 25.8 Å². The van der Waals surface area contributed by atoms with Crippen molar-refractivity contribution in [3.63, 3.8) is 0 Å². The van der Waals surface area contributed by atoms with Crippen molar-refractivity contribution in [1.29, 1.82) is 0 Å². The number of rotatable bonds is 4. The molecule has 1 amide bonds. The van der Waals surface area contributed by atoms with Crippen molar-refractivity contribution < 1.29 is 18.7 Å². The molecular formula is C21H18FN5O3. The molecule has 0 aliphatic carbocycles. The van der Waals surface area contributed by atoms with Crippen molar-refractivity contribution in [2.45, 2.75) is 19.1 Å². The van der Waals surface area contributed by atoms with Crippen LogP contribution in [0.5, 0.6) is 0 Å². The van der Waals surface area contributed by atoms with Crippen molar-refractivity contribution in [3.05, 3.63) is 53.8 Å². The summed E-state index contributed by atoms with van der Waals surface area (Å²) in [6.45, 7) is 2.14. The molecule has 9 heteroatoms. The summed E-state index contributed by atoms with van der Waals surface area (Å²) in [6, 6.07) is 11.1. The lowest BCUT2D eigenvalue weighted by Gasteiger charge is -2.10. The minimum Gasteiger partial charge on any atom is -0.403 e. The Balaban J connectivity index is 1.61. The number of aromatic amines is 1. The number of aryl methyl sites for hydroxylation is 1. The van der Waals surface area contributed by atoms with Gasteiger partial charge in [-0.25, -0.2) is 4.39 Å². The smallest absolute Gasteiger partial charge is 0.316 e. The molecule has 0 radical (unpaired) electrons. The number of nitrogens with one attached hydrogen (secondary N) is 3. The molecule has 0 saturated carbocycles. The number of carbonyl (C=O) groups excluding carboxylic acids is 1. The van der Waals surface area contributed by atoms with Crippen LogP contribution in [0, 0.1) is 12.7 Å². The zero-order chi connectivity index (χ0) is 20.8. The van der Waals surface area contributed by atoms with Crippen LogP contribution in [0.25, 0.3) is 33.6 Å². The summed E-state index contributed by atoms with van der Waals surface area (Å²) in [5.74, 6) is -0.427. The van der Waals surface area contributed by atoms with Crippen molar-refractivity contribution in [2.75, 3.05) is 11.9 Å². The molecule has 2 aromatic heterocycles. The number of hydrogen-bond acceptors (Lipinski definition) is 6. The van der Waals surface area contributed by atoms with Gasteiger partial charge in [-0.05, 0) is 42.3 Å². The highest BCUT2D eigenvalue weighted by Gasteiger charge is 2.34. The van der Waals surface area contributed by atoms with Crippen LogP contribution in [0.3, 0.4) is 0 Å². The van der Waals surface area contributed by atoms with E-state index >= 15 is 0 Å². The Labute approximate surface area is 170 Å². The molecule has 3 heterocycles. The van der Waals surface area contributed by atoms with Crippen LogP contribution in [0.2, 0.25) is 0 Å². The molecule has 8 nitrogen and oxygen atoms in total. The van der Waals surface area contributed by atoms with Crippen LogP contribution in [0.15, 0.2) is 46.9 Å². The van der Waals surface area contributed by atoms with Gasteiger partial charge in [-0.2, -0.15) is 0 Å². The molecule has 1 aliphatic heterocycles. The van der Waals surface area contributed by atoms with Gasteiger partial charge in [-0.15, -0.1) is 5.10 Å². The van der Waals surface area contributed by atoms with Gasteiger partial charge in [0.15, 0.2) is 0 Å². The van der Waals surface area contributed by atoms with Gasteiger partial charge in [-0.3, -0.25) is 4.79 Å². The zero-order valence-corrected chi connectivity index (χ0v) is 15.9. The molecule has 0 unspecified atom stereocenters. The van der Waals surface area contributed by atoms with Crippen LogP contribution in [-0.4, -0.2) is 44.9 Å². The lowest BCUT2D eigenvalue weighted by atomic mass is 10.0.